The highest BCUT2D eigenvalue weighted by Gasteiger charge is 2.16. The van der Waals surface area contributed by atoms with E-state index in [1.165, 1.54) is 13.2 Å². The standard InChI is InChI=1S/C19H17NO5/c1-11-13-9-16(23-2)17(25-19(20)22)10-15(13)24-18(21)14(11)8-12-6-4-3-5-7-12/h3-7,9-10H,8H2,1-2H3,(H2,20,22). The maximum Gasteiger partial charge on any atom is 0.410 e. The van der Waals surface area contributed by atoms with Crippen molar-refractivity contribution in [3.63, 3.8) is 0 Å². The van der Waals surface area contributed by atoms with Gasteiger partial charge in [0.25, 0.3) is 0 Å². The smallest absolute Gasteiger partial charge is 0.410 e. The summed E-state index contributed by atoms with van der Waals surface area (Å²) in [5, 5.41) is 0.708. The molecule has 1 amide bonds. The summed E-state index contributed by atoms with van der Waals surface area (Å²) in [6.45, 7) is 1.85. The average molecular weight is 339 g/mol. The number of methoxy groups -OCH3 is 1. The lowest BCUT2D eigenvalue weighted by molar-refractivity contribution is 0.208. The van der Waals surface area contributed by atoms with Crippen molar-refractivity contribution in [1.29, 1.82) is 0 Å². The summed E-state index contributed by atoms with van der Waals surface area (Å²) in [5.41, 5.74) is 7.30. The van der Waals surface area contributed by atoms with E-state index in [0.29, 0.717) is 28.7 Å². The van der Waals surface area contributed by atoms with Crippen molar-refractivity contribution in [2.24, 2.45) is 5.73 Å². The normalized spacial score (nSPS) is 10.6. The van der Waals surface area contributed by atoms with Crippen LogP contribution in [0.3, 0.4) is 0 Å². The zero-order chi connectivity index (χ0) is 18.0. The minimum Gasteiger partial charge on any atom is -0.493 e. The molecule has 6 nitrogen and oxygen atoms in total. The third-order valence-corrected chi connectivity index (χ3v) is 4.01. The minimum absolute atomic E-state index is 0.0980. The topological polar surface area (TPSA) is 91.8 Å². The van der Waals surface area contributed by atoms with Crippen molar-refractivity contribution in [3.8, 4) is 11.5 Å². The number of aryl methyl sites for hydroxylation is 1. The van der Waals surface area contributed by atoms with Crippen LogP contribution in [0.5, 0.6) is 11.5 Å². The van der Waals surface area contributed by atoms with E-state index in [0.717, 1.165) is 11.1 Å². The molecule has 0 aliphatic heterocycles. The molecule has 0 aliphatic carbocycles. The number of carbonyl (C=O) groups excluding carboxylic acids is 1. The second kappa shape index (κ2) is 6.68. The third kappa shape index (κ3) is 3.33. The molecule has 0 spiro atoms. The average Bonchev–Trinajstić information content (AvgIpc) is 2.58. The summed E-state index contributed by atoms with van der Waals surface area (Å²) < 4.78 is 15.6. The van der Waals surface area contributed by atoms with E-state index in [1.54, 1.807) is 6.07 Å². The van der Waals surface area contributed by atoms with Crippen molar-refractivity contribution < 1.29 is 18.7 Å². The highest BCUT2D eigenvalue weighted by Crippen LogP contribution is 2.34. The molecule has 0 unspecified atom stereocenters. The Morgan fingerprint density at radius 3 is 2.52 bits per heavy atom. The molecule has 3 rings (SSSR count). The Labute approximate surface area is 143 Å². The number of hydrogen-bond acceptors (Lipinski definition) is 5. The van der Waals surface area contributed by atoms with Gasteiger partial charge in [-0.3, -0.25) is 0 Å². The molecule has 0 atom stereocenters. The molecule has 1 aromatic heterocycles. The molecular formula is C19H17NO5. The monoisotopic (exact) mass is 339 g/mol. The summed E-state index contributed by atoms with van der Waals surface area (Å²) in [4.78, 5) is 23.4. The first kappa shape index (κ1) is 16.6. The minimum atomic E-state index is -0.975. The highest BCUT2D eigenvalue weighted by molar-refractivity contribution is 5.85. The van der Waals surface area contributed by atoms with E-state index in [1.807, 2.05) is 37.3 Å². The largest absolute Gasteiger partial charge is 0.493 e. The maximum absolute atomic E-state index is 12.4. The SMILES string of the molecule is COc1cc2c(C)c(Cc3ccccc3)c(=O)oc2cc1OC(N)=O. The van der Waals surface area contributed by atoms with Crippen LogP contribution in [0, 0.1) is 6.92 Å². The van der Waals surface area contributed by atoms with Gasteiger partial charge in [0.1, 0.15) is 5.58 Å². The van der Waals surface area contributed by atoms with Gasteiger partial charge >= 0.3 is 11.7 Å². The van der Waals surface area contributed by atoms with Gasteiger partial charge in [-0.25, -0.2) is 9.59 Å². The lowest BCUT2D eigenvalue weighted by Crippen LogP contribution is -2.17. The van der Waals surface area contributed by atoms with Crippen molar-refractivity contribution in [2.75, 3.05) is 7.11 Å². The van der Waals surface area contributed by atoms with Crippen LogP contribution >= 0.6 is 0 Å². The Morgan fingerprint density at radius 1 is 1.16 bits per heavy atom. The van der Waals surface area contributed by atoms with Gasteiger partial charge < -0.3 is 19.6 Å². The fraction of sp³-hybridized carbons (Fsp3) is 0.158. The van der Waals surface area contributed by atoms with Crippen LogP contribution in [0.1, 0.15) is 16.7 Å². The molecule has 128 valence electrons. The molecule has 0 radical (unpaired) electrons. The molecular weight excluding hydrogens is 322 g/mol. The van der Waals surface area contributed by atoms with Gasteiger partial charge in [0, 0.05) is 23.4 Å². The van der Waals surface area contributed by atoms with Crippen LogP contribution in [0.4, 0.5) is 4.79 Å². The van der Waals surface area contributed by atoms with Crippen LogP contribution in [0.25, 0.3) is 11.0 Å². The van der Waals surface area contributed by atoms with Crippen LogP contribution in [-0.4, -0.2) is 13.2 Å². The van der Waals surface area contributed by atoms with Crippen molar-refractivity contribution in [3.05, 3.63) is 69.6 Å². The quantitative estimate of drug-likeness (QED) is 0.737. The zero-order valence-electron chi connectivity index (χ0n) is 13.9. The van der Waals surface area contributed by atoms with Gasteiger partial charge in [-0.15, -0.1) is 0 Å². The molecule has 0 bridgehead atoms. The lowest BCUT2D eigenvalue weighted by Gasteiger charge is -2.12. The number of nitrogens with two attached hydrogens (primary N) is 1. The number of carbonyl (C=O) groups is 1. The number of benzene rings is 2. The van der Waals surface area contributed by atoms with E-state index in [-0.39, 0.29) is 5.75 Å². The first-order valence-corrected chi connectivity index (χ1v) is 7.65. The van der Waals surface area contributed by atoms with Crippen LogP contribution in [0.2, 0.25) is 0 Å². The van der Waals surface area contributed by atoms with E-state index < -0.39 is 11.7 Å². The molecule has 0 aliphatic rings. The molecule has 0 saturated carbocycles. The van der Waals surface area contributed by atoms with Gasteiger partial charge in [-0.1, -0.05) is 30.3 Å². The second-order valence-corrected chi connectivity index (χ2v) is 5.58. The fourth-order valence-corrected chi connectivity index (χ4v) is 2.75. The van der Waals surface area contributed by atoms with Gasteiger partial charge in [0.2, 0.25) is 0 Å². The van der Waals surface area contributed by atoms with E-state index in [4.69, 9.17) is 19.6 Å². The van der Waals surface area contributed by atoms with Crippen molar-refractivity contribution >= 4 is 17.1 Å². The molecule has 3 aromatic rings. The predicted octanol–water partition coefficient (Wildman–Crippen LogP) is 3.16. The van der Waals surface area contributed by atoms with E-state index >= 15 is 0 Å². The molecule has 0 saturated heterocycles. The lowest BCUT2D eigenvalue weighted by atomic mass is 9.99. The van der Waals surface area contributed by atoms with Crippen LogP contribution in [-0.2, 0) is 6.42 Å². The summed E-state index contributed by atoms with van der Waals surface area (Å²) >= 11 is 0. The number of primary amides is 1. The summed E-state index contributed by atoms with van der Waals surface area (Å²) in [6, 6.07) is 12.8. The number of amides is 1. The predicted molar refractivity (Wildman–Crippen MR) is 93.2 cm³/mol. The van der Waals surface area contributed by atoms with Crippen molar-refractivity contribution in [2.45, 2.75) is 13.3 Å². The number of hydrogen-bond donors (Lipinski definition) is 1. The van der Waals surface area contributed by atoms with Crippen molar-refractivity contribution in [1.82, 2.24) is 0 Å². The van der Waals surface area contributed by atoms with Gasteiger partial charge in [-0.05, 0) is 24.1 Å². The number of rotatable bonds is 4. The van der Waals surface area contributed by atoms with Gasteiger partial charge in [0.05, 0.1) is 7.11 Å². The van der Waals surface area contributed by atoms with Crippen LogP contribution in [0.15, 0.2) is 51.7 Å². The molecule has 6 heteroatoms. The highest BCUT2D eigenvalue weighted by atomic mass is 16.6. The summed E-state index contributed by atoms with van der Waals surface area (Å²) in [6.07, 6.45) is -0.510. The fourth-order valence-electron chi connectivity index (χ4n) is 2.75. The maximum atomic E-state index is 12.4. The molecule has 1 heterocycles. The summed E-state index contributed by atoms with van der Waals surface area (Å²) in [7, 11) is 1.45. The molecule has 2 N–H and O–H groups in total. The van der Waals surface area contributed by atoms with Gasteiger partial charge in [-0.2, -0.15) is 0 Å². The number of fused-ring (bicyclic) bond motifs is 1. The molecule has 0 fully saturated rings. The van der Waals surface area contributed by atoms with Crippen LogP contribution < -0.4 is 20.8 Å². The Kier molecular flexibility index (Phi) is 4.43. The Morgan fingerprint density at radius 2 is 1.88 bits per heavy atom. The first-order chi connectivity index (χ1) is 12.0. The Balaban J connectivity index is 2.15. The molecule has 25 heavy (non-hydrogen) atoms. The molecule has 2 aromatic carbocycles. The number of ether oxygens (including phenoxy) is 2. The van der Waals surface area contributed by atoms with Gasteiger partial charge in [0.15, 0.2) is 11.5 Å². The summed E-state index contributed by atoms with van der Waals surface area (Å²) in [5.74, 6) is 0.426. The Bertz CT molecular complexity index is 992. The second-order valence-electron chi connectivity index (χ2n) is 5.58. The third-order valence-electron chi connectivity index (χ3n) is 4.01. The Hall–Kier alpha value is -3.28. The van der Waals surface area contributed by atoms with E-state index in [2.05, 4.69) is 0 Å². The van der Waals surface area contributed by atoms with E-state index in [9.17, 15) is 9.59 Å². The first-order valence-electron chi connectivity index (χ1n) is 7.65. The zero-order valence-corrected chi connectivity index (χ0v) is 13.9.